The number of halogens is 1. The molecule has 2 heterocycles. The van der Waals surface area contributed by atoms with E-state index in [1.54, 1.807) is 26.8 Å². The summed E-state index contributed by atoms with van der Waals surface area (Å²) >= 11 is 0. The highest BCUT2D eigenvalue weighted by molar-refractivity contribution is 7.94. The molecule has 2 N–H and O–H groups in total. The van der Waals surface area contributed by atoms with Gasteiger partial charge in [0.15, 0.2) is 0 Å². The summed E-state index contributed by atoms with van der Waals surface area (Å²) in [6.45, 7) is 6.56. The summed E-state index contributed by atoms with van der Waals surface area (Å²) < 4.78 is 43.1. The second kappa shape index (κ2) is 9.22. The molecular formula is C25H31FN4O4S. The van der Waals surface area contributed by atoms with Gasteiger partial charge in [-0.1, -0.05) is 26.2 Å². The quantitative estimate of drug-likeness (QED) is 0.457. The minimum Gasteiger partial charge on any atom is -0.478 e. The van der Waals surface area contributed by atoms with Gasteiger partial charge in [0, 0.05) is 29.4 Å². The van der Waals surface area contributed by atoms with Crippen molar-refractivity contribution in [2.75, 3.05) is 4.72 Å². The molecule has 0 amide bonds. The number of aromatic carboxylic acids is 1. The van der Waals surface area contributed by atoms with Crippen molar-refractivity contribution in [3.05, 3.63) is 41.5 Å². The highest BCUT2D eigenvalue weighted by atomic mass is 32.2. The average molecular weight is 503 g/mol. The molecule has 10 heteroatoms. The molecule has 0 unspecified atom stereocenters. The molecule has 0 spiro atoms. The van der Waals surface area contributed by atoms with Gasteiger partial charge < -0.3 is 9.67 Å². The monoisotopic (exact) mass is 502 g/mol. The van der Waals surface area contributed by atoms with Crippen molar-refractivity contribution in [3.8, 4) is 11.3 Å². The Bertz CT molecular complexity index is 1370. The Hall–Kier alpha value is -3.01. The summed E-state index contributed by atoms with van der Waals surface area (Å²) in [5, 5.41) is 10.5. The largest absolute Gasteiger partial charge is 0.478 e. The number of carbonyl (C=O) groups is 1. The predicted molar refractivity (Wildman–Crippen MR) is 134 cm³/mol. The zero-order chi connectivity index (χ0) is 25.5. The van der Waals surface area contributed by atoms with Crippen LogP contribution in [0.2, 0.25) is 0 Å². The molecule has 1 aromatic carbocycles. The van der Waals surface area contributed by atoms with Crippen molar-refractivity contribution < 1.29 is 22.7 Å². The molecule has 188 valence electrons. The Morgan fingerprint density at radius 2 is 1.80 bits per heavy atom. The van der Waals surface area contributed by atoms with Gasteiger partial charge in [-0.2, -0.15) is 0 Å². The van der Waals surface area contributed by atoms with Crippen molar-refractivity contribution in [2.45, 2.75) is 77.0 Å². The summed E-state index contributed by atoms with van der Waals surface area (Å²) in [6, 6.07) is 3.12. The first-order chi connectivity index (χ1) is 16.4. The number of hydrogen-bond acceptors (Lipinski definition) is 5. The number of carboxylic acids is 1. The number of sulfonamides is 1. The third-order valence-corrected chi connectivity index (χ3v) is 8.73. The normalized spacial score (nSPS) is 15.5. The number of rotatable bonds is 6. The van der Waals surface area contributed by atoms with E-state index in [2.05, 4.69) is 14.7 Å². The SMILES string of the molecule is CCc1cc2c(cc1F)c(C(=O)O)c(-c1cnc(NS(=O)(=O)C(C)(C)C)nc1)n2C1CCCCC1. The Morgan fingerprint density at radius 3 is 2.34 bits per heavy atom. The molecule has 0 atom stereocenters. The van der Waals surface area contributed by atoms with Crippen LogP contribution in [0.15, 0.2) is 24.5 Å². The molecule has 3 aromatic rings. The number of carboxylic acid groups (broad SMARTS) is 1. The maximum Gasteiger partial charge on any atom is 0.338 e. The number of anilines is 1. The third kappa shape index (κ3) is 4.63. The summed E-state index contributed by atoms with van der Waals surface area (Å²) in [4.78, 5) is 20.8. The van der Waals surface area contributed by atoms with Gasteiger partial charge in [-0.3, -0.25) is 4.72 Å². The van der Waals surface area contributed by atoms with E-state index in [0.29, 0.717) is 34.1 Å². The molecule has 0 saturated heterocycles. The molecule has 8 nitrogen and oxygen atoms in total. The lowest BCUT2D eigenvalue weighted by Crippen LogP contribution is -2.34. The lowest BCUT2D eigenvalue weighted by Gasteiger charge is -2.27. The smallest absolute Gasteiger partial charge is 0.338 e. The van der Waals surface area contributed by atoms with Gasteiger partial charge in [0.25, 0.3) is 0 Å². The highest BCUT2D eigenvalue weighted by Gasteiger charge is 2.31. The number of hydrogen-bond donors (Lipinski definition) is 2. The number of aryl methyl sites for hydroxylation is 1. The number of nitrogens with zero attached hydrogens (tertiary/aromatic N) is 3. The van der Waals surface area contributed by atoms with Gasteiger partial charge in [-0.05, 0) is 57.7 Å². The highest BCUT2D eigenvalue weighted by Crippen LogP contribution is 2.41. The van der Waals surface area contributed by atoms with Crippen LogP contribution in [-0.2, 0) is 16.4 Å². The molecule has 4 rings (SSSR count). The van der Waals surface area contributed by atoms with Gasteiger partial charge in [0.05, 0.1) is 21.5 Å². The second-order valence-electron chi connectivity index (χ2n) is 10.0. The molecule has 1 aliphatic rings. The first-order valence-corrected chi connectivity index (χ1v) is 13.4. The molecule has 35 heavy (non-hydrogen) atoms. The number of benzene rings is 1. The Morgan fingerprint density at radius 1 is 1.17 bits per heavy atom. The Balaban J connectivity index is 1.92. The van der Waals surface area contributed by atoms with E-state index in [4.69, 9.17) is 0 Å². The first kappa shape index (κ1) is 25.1. The van der Waals surface area contributed by atoms with Gasteiger partial charge >= 0.3 is 5.97 Å². The predicted octanol–water partition coefficient (Wildman–Crippen LogP) is 5.54. The summed E-state index contributed by atoms with van der Waals surface area (Å²) in [5.41, 5.74) is 2.05. The van der Waals surface area contributed by atoms with Crippen molar-refractivity contribution in [1.82, 2.24) is 14.5 Å². The van der Waals surface area contributed by atoms with Crippen LogP contribution in [0.1, 0.15) is 81.8 Å². The fourth-order valence-electron chi connectivity index (χ4n) is 4.64. The van der Waals surface area contributed by atoms with Crippen LogP contribution in [0.5, 0.6) is 0 Å². The molecule has 0 bridgehead atoms. The first-order valence-electron chi connectivity index (χ1n) is 11.9. The summed E-state index contributed by atoms with van der Waals surface area (Å²) in [7, 11) is -3.72. The van der Waals surface area contributed by atoms with Crippen LogP contribution in [0, 0.1) is 5.82 Å². The third-order valence-electron chi connectivity index (χ3n) is 6.66. The fraction of sp³-hybridized carbons (Fsp3) is 0.480. The standard InChI is InChI=1S/C25H31FN4O4S/c1-5-15-11-20-18(12-19(15)26)21(23(31)32)22(30(20)17-9-7-6-8-10-17)16-13-27-24(28-14-16)29-35(33,34)25(2,3)4/h11-14,17H,5-10H2,1-4H3,(H,31,32)(H,27,28,29). The van der Waals surface area contributed by atoms with E-state index in [-0.39, 0.29) is 17.6 Å². The molecule has 1 fully saturated rings. The van der Waals surface area contributed by atoms with Crippen molar-refractivity contribution in [1.29, 1.82) is 0 Å². The topological polar surface area (TPSA) is 114 Å². The van der Waals surface area contributed by atoms with Crippen molar-refractivity contribution in [3.63, 3.8) is 0 Å². The lowest BCUT2D eigenvalue weighted by atomic mass is 9.94. The van der Waals surface area contributed by atoms with Crippen LogP contribution in [0.25, 0.3) is 22.2 Å². The molecule has 0 aliphatic heterocycles. The number of fused-ring (bicyclic) bond motifs is 1. The maximum absolute atomic E-state index is 14.8. The second-order valence-corrected chi connectivity index (χ2v) is 12.5. The van der Waals surface area contributed by atoms with Crippen molar-refractivity contribution >= 4 is 32.8 Å². The minimum absolute atomic E-state index is 0.00116. The van der Waals surface area contributed by atoms with E-state index in [1.807, 2.05) is 11.5 Å². The van der Waals surface area contributed by atoms with E-state index in [9.17, 15) is 22.7 Å². The summed E-state index contributed by atoms with van der Waals surface area (Å²) in [5.74, 6) is -1.70. The molecule has 1 aliphatic carbocycles. The number of nitrogens with one attached hydrogen (secondary N) is 1. The van der Waals surface area contributed by atoms with Crippen molar-refractivity contribution in [2.24, 2.45) is 0 Å². The van der Waals surface area contributed by atoms with Gasteiger partial charge in [-0.25, -0.2) is 27.6 Å². The molecule has 2 aromatic heterocycles. The van der Waals surface area contributed by atoms with E-state index in [0.717, 1.165) is 32.1 Å². The Kier molecular flexibility index (Phi) is 6.61. The van der Waals surface area contributed by atoms with Crippen LogP contribution in [-0.4, -0.2) is 38.8 Å². The van der Waals surface area contributed by atoms with E-state index < -0.39 is 26.6 Å². The molecule has 0 radical (unpaired) electrons. The van der Waals surface area contributed by atoms with Crippen LogP contribution in [0.4, 0.5) is 10.3 Å². The zero-order valence-corrected chi connectivity index (χ0v) is 21.2. The van der Waals surface area contributed by atoms with Crippen LogP contribution in [0.3, 0.4) is 0 Å². The zero-order valence-electron chi connectivity index (χ0n) is 20.4. The van der Waals surface area contributed by atoms with Crippen LogP contribution >= 0.6 is 0 Å². The van der Waals surface area contributed by atoms with E-state index >= 15 is 0 Å². The molecule has 1 saturated carbocycles. The van der Waals surface area contributed by atoms with E-state index in [1.165, 1.54) is 18.5 Å². The van der Waals surface area contributed by atoms with Gasteiger partial charge in [-0.15, -0.1) is 0 Å². The number of aromatic nitrogens is 3. The maximum atomic E-state index is 14.8. The fourth-order valence-corrected chi connectivity index (χ4v) is 5.29. The lowest BCUT2D eigenvalue weighted by molar-refractivity contribution is 0.0699. The van der Waals surface area contributed by atoms with Gasteiger partial charge in [0.2, 0.25) is 16.0 Å². The van der Waals surface area contributed by atoms with Crippen LogP contribution < -0.4 is 4.72 Å². The molecular weight excluding hydrogens is 471 g/mol. The average Bonchev–Trinajstić information content (AvgIpc) is 3.12. The Labute approximate surface area is 204 Å². The minimum atomic E-state index is -3.72. The van der Waals surface area contributed by atoms with Gasteiger partial charge in [0.1, 0.15) is 5.82 Å². The summed E-state index contributed by atoms with van der Waals surface area (Å²) in [6.07, 6.45) is 8.28.